The van der Waals surface area contributed by atoms with Crippen molar-refractivity contribution in [2.75, 3.05) is 7.05 Å². The Labute approximate surface area is 99.9 Å². The Balaban J connectivity index is 2.84. The number of aromatic hydroxyl groups is 2. The molecule has 1 rings (SSSR count). The minimum Gasteiger partial charge on any atom is -0.504 e. The first-order valence-corrected chi connectivity index (χ1v) is 5.20. The first-order chi connectivity index (χ1) is 7.75. The maximum absolute atomic E-state index is 11.0. The van der Waals surface area contributed by atoms with E-state index in [2.05, 4.69) is 0 Å². The van der Waals surface area contributed by atoms with Crippen molar-refractivity contribution < 1.29 is 20.1 Å². The van der Waals surface area contributed by atoms with Gasteiger partial charge >= 0.3 is 5.97 Å². The average molecular weight is 239 g/mol. The van der Waals surface area contributed by atoms with Gasteiger partial charge in [0.25, 0.3) is 0 Å². The SMILES string of the molecule is CN(Cc1ccc(O)c(O)c1)C(C)(C)C(=O)O. The van der Waals surface area contributed by atoms with Crippen molar-refractivity contribution in [3.63, 3.8) is 0 Å². The number of phenols is 2. The van der Waals surface area contributed by atoms with Crippen molar-refractivity contribution in [3.8, 4) is 11.5 Å². The van der Waals surface area contributed by atoms with Crippen molar-refractivity contribution in [2.24, 2.45) is 0 Å². The number of nitrogens with zero attached hydrogens (tertiary/aromatic N) is 1. The summed E-state index contributed by atoms with van der Waals surface area (Å²) >= 11 is 0. The molecule has 94 valence electrons. The van der Waals surface area contributed by atoms with Gasteiger partial charge in [-0.2, -0.15) is 0 Å². The number of carbonyl (C=O) groups is 1. The first kappa shape index (κ1) is 13.3. The van der Waals surface area contributed by atoms with E-state index in [0.29, 0.717) is 6.54 Å². The van der Waals surface area contributed by atoms with Gasteiger partial charge < -0.3 is 15.3 Å². The molecule has 0 amide bonds. The summed E-state index contributed by atoms with van der Waals surface area (Å²) in [7, 11) is 1.69. The predicted octanol–water partition coefficient (Wildman–Crippen LogP) is 1.39. The van der Waals surface area contributed by atoms with Gasteiger partial charge in [-0.1, -0.05) is 6.07 Å². The summed E-state index contributed by atoms with van der Waals surface area (Å²) < 4.78 is 0. The van der Waals surface area contributed by atoms with Gasteiger partial charge in [0, 0.05) is 6.54 Å². The van der Waals surface area contributed by atoms with Gasteiger partial charge in [-0.05, 0) is 38.6 Å². The molecule has 0 fully saturated rings. The van der Waals surface area contributed by atoms with E-state index in [1.165, 1.54) is 12.1 Å². The van der Waals surface area contributed by atoms with E-state index in [-0.39, 0.29) is 11.5 Å². The molecule has 5 heteroatoms. The van der Waals surface area contributed by atoms with Crippen LogP contribution in [0.4, 0.5) is 0 Å². The van der Waals surface area contributed by atoms with Crippen LogP contribution in [0.2, 0.25) is 0 Å². The van der Waals surface area contributed by atoms with E-state index in [4.69, 9.17) is 10.2 Å². The van der Waals surface area contributed by atoms with Gasteiger partial charge in [0.05, 0.1) is 0 Å². The van der Waals surface area contributed by atoms with Gasteiger partial charge in [-0.15, -0.1) is 0 Å². The highest BCUT2D eigenvalue weighted by atomic mass is 16.4. The number of carboxylic acid groups (broad SMARTS) is 1. The fourth-order valence-electron chi connectivity index (χ4n) is 1.30. The standard InChI is InChI=1S/C12H17NO4/c1-12(2,11(16)17)13(3)7-8-4-5-9(14)10(15)6-8/h4-6,14-15H,7H2,1-3H3,(H,16,17). The number of hydrogen-bond donors (Lipinski definition) is 3. The van der Waals surface area contributed by atoms with Crippen molar-refractivity contribution in [2.45, 2.75) is 25.9 Å². The summed E-state index contributed by atoms with van der Waals surface area (Å²) in [6.45, 7) is 3.58. The maximum atomic E-state index is 11.0. The Hall–Kier alpha value is -1.75. The lowest BCUT2D eigenvalue weighted by atomic mass is 10.0. The maximum Gasteiger partial charge on any atom is 0.323 e. The fraction of sp³-hybridized carbons (Fsp3) is 0.417. The first-order valence-electron chi connectivity index (χ1n) is 5.20. The number of hydrogen-bond acceptors (Lipinski definition) is 4. The average Bonchev–Trinajstić information content (AvgIpc) is 2.23. The zero-order chi connectivity index (χ0) is 13.2. The van der Waals surface area contributed by atoms with Gasteiger partial charge in [0.1, 0.15) is 5.54 Å². The molecule has 0 heterocycles. The minimum absolute atomic E-state index is 0.186. The third kappa shape index (κ3) is 2.88. The molecule has 0 saturated carbocycles. The van der Waals surface area contributed by atoms with E-state index in [1.54, 1.807) is 31.9 Å². The molecule has 0 bridgehead atoms. The third-order valence-corrected chi connectivity index (χ3v) is 2.94. The molecular formula is C12H17NO4. The highest BCUT2D eigenvalue weighted by Gasteiger charge is 2.31. The van der Waals surface area contributed by atoms with Crippen LogP contribution in [0.25, 0.3) is 0 Å². The van der Waals surface area contributed by atoms with Crippen LogP contribution < -0.4 is 0 Å². The quantitative estimate of drug-likeness (QED) is 0.692. The highest BCUT2D eigenvalue weighted by molar-refractivity contribution is 5.77. The lowest BCUT2D eigenvalue weighted by molar-refractivity contribution is -0.148. The molecule has 1 aromatic carbocycles. The second-order valence-electron chi connectivity index (χ2n) is 4.54. The molecule has 3 N–H and O–H groups in total. The van der Waals surface area contributed by atoms with Crippen LogP contribution in [-0.4, -0.2) is 38.8 Å². The summed E-state index contributed by atoms with van der Waals surface area (Å²) in [5.41, 5.74) is -0.259. The number of carboxylic acids is 1. The zero-order valence-electron chi connectivity index (χ0n) is 10.1. The summed E-state index contributed by atoms with van der Waals surface area (Å²) in [5, 5.41) is 27.6. The van der Waals surface area contributed by atoms with Crippen molar-refractivity contribution in [1.82, 2.24) is 4.90 Å². The van der Waals surface area contributed by atoms with Crippen molar-refractivity contribution in [3.05, 3.63) is 23.8 Å². The Morgan fingerprint density at radius 3 is 2.35 bits per heavy atom. The molecule has 0 aliphatic heterocycles. The van der Waals surface area contributed by atoms with Gasteiger partial charge in [-0.3, -0.25) is 9.69 Å². The molecule has 5 nitrogen and oxygen atoms in total. The molecule has 17 heavy (non-hydrogen) atoms. The van der Waals surface area contributed by atoms with Crippen LogP contribution in [0.15, 0.2) is 18.2 Å². The summed E-state index contributed by atoms with van der Waals surface area (Å²) in [5.74, 6) is -1.30. The van der Waals surface area contributed by atoms with Gasteiger partial charge in [-0.25, -0.2) is 0 Å². The van der Waals surface area contributed by atoms with Crippen LogP contribution in [0.5, 0.6) is 11.5 Å². The Kier molecular flexibility index (Phi) is 3.63. The molecule has 0 aliphatic rings. The molecular weight excluding hydrogens is 222 g/mol. The smallest absolute Gasteiger partial charge is 0.323 e. The summed E-state index contributed by atoms with van der Waals surface area (Å²) in [4.78, 5) is 12.7. The molecule has 0 radical (unpaired) electrons. The molecule has 0 saturated heterocycles. The van der Waals surface area contributed by atoms with E-state index in [1.807, 2.05) is 0 Å². The van der Waals surface area contributed by atoms with E-state index in [9.17, 15) is 9.90 Å². The predicted molar refractivity (Wildman–Crippen MR) is 63.0 cm³/mol. The van der Waals surface area contributed by atoms with Crippen LogP contribution in [-0.2, 0) is 11.3 Å². The van der Waals surface area contributed by atoms with Crippen LogP contribution in [0, 0.1) is 0 Å². The number of benzene rings is 1. The Morgan fingerprint density at radius 2 is 1.88 bits per heavy atom. The second kappa shape index (κ2) is 4.63. The van der Waals surface area contributed by atoms with E-state index in [0.717, 1.165) is 5.56 Å². The fourth-order valence-corrected chi connectivity index (χ4v) is 1.30. The normalized spacial score (nSPS) is 11.8. The number of rotatable bonds is 4. The topological polar surface area (TPSA) is 81.0 Å². The molecule has 0 spiro atoms. The van der Waals surface area contributed by atoms with Gasteiger partial charge in [0.2, 0.25) is 0 Å². The van der Waals surface area contributed by atoms with E-state index < -0.39 is 11.5 Å². The monoisotopic (exact) mass is 239 g/mol. The van der Waals surface area contributed by atoms with E-state index >= 15 is 0 Å². The van der Waals surface area contributed by atoms with Crippen LogP contribution >= 0.6 is 0 Å². The molecule has 0 unspecified atom stereocenters. The van der Waals surface area contributed by atoms with Crippen molar-refractivity contribution >= 4 is 5.97 Å². The molecule has 1 aromatic rings. The highest BCUT2D eigenvalue weighted by Crippen LogP contribution is 2.26. The summed E-state index contributed by atoms with van der Waals surface area (Å²) in [6.07, 6.45) is 0. The number of likely N-dealkylation sites (N-methyl/N-ethyl adjacent to an activating group) is 1. The number of aliphatic carboxylic acids is 1. The third-order valence-electron chi connectivity index (χ3n) is 2.94. The second-order valence-corrected chi connectivity index (χ2v) is 4.54. The number of phenolic OH excluding ortho intramolecular Hbond substituents is 2. The Bertz CT molecular complexity index is 429. The minimum atomic E-state index is -0.993. The Morgan fingerprint density at radius 1 is 1.29 bits per heavy atom. The summed E-state index contributed by atoms with van der Waals surface area (Å²) in [6, 6.07) is 4.44. The molecule has 0 atom stereocenters. The lowest BCUT2D eigenvalue weighted by Crippen LogP contribution is -2.47. The molecule has 0 aliphatic carbocycles. The van der Waals surface area contributed by atoms with Crippen molar-refractivity contribution in [1.29, 1.82) is 0 Å². The van der Waals surface area contributed by atoms with Crippen LogP contribution in [0.3, 0.4) is 0 Å². The zero-order valence-corrected chi connectivity index (χ0v) is 10.1. The lowest BCUT2D eigenvalue weighted by Gasteiger charge is -2.31. The van der Waals surface area contributed by atoms with Gasteiger partial charge in [0.15, 0.2) is 11.5 Å². The molecule has 0 aromatic heterocycles. The largest absolute Gasteiger partial charge is 0.504 e. The van der Waals surface area contributed by atoms with Crippen LogP contribution in [0.1, 0.15) is 19.4 Å².